The molecular weight excluding hydrogens is 480 g/mol. The molecule has 0 aliphatic heterocycles. The minimum absolute atomic E-state index is 0.220. The predicted octanol–water partition coefficient (Wildman–Crippen LogP) is 4.57. The lowest BCUT2D eigenvalue weighted by atomic mass is 10.2. The first-order valence-electron chi connectivity index (χ1n) is 11.2. The number of thiophene rings is 1. The molecule has 5 rings (SSSR count). The number of nitrogens with zero attached hydrogens (tertiary/aromatic N) is 3. The third-order valence-electron chi connectivity index (χ3n) is 5.50. The third kappa shape index (κ3) is 4.62. The Morgan fingerprint density at radius 3 is 2.74 bits per heavy atom. The average molecular weight is 505 g/mol. The molecule has 0 aliphatic rings. The van der Waals surface area contributed by atoms with Crippen molar-refractivity contribution in [2.24, 2.45) is 5.92 Å². The van der Waals surface area contributed by atoms with E-state index in [0.29, 0.717) is 46.7 Å². The number of imidazole rings is 1. The Morgan fingerprint density at radius 2 is 1.97 bits per heavy atom. The molecule has 0 aliphatic carbocycles. The van der Waals surface area contributed by atoms with E-state index < -0.39 is 0 Å². The van der Waals surface area contributed by atoms with Crippen LogP contribution in [0.25, 0.3) is 27.1 Å². The molecule has 0 spiro atoms. The zero-order chi connectivity index (χ0) is 24.5. The van der Waals surface area contributed by atoms with E-state index in [4.69, 9.17) is 10.7 Å². The zero-order valence-electron chi connectivity index (χ0n) is 19.2. The summed E-state index contributed by atoms with van der Waals surface area (Å²) in [6, 6.07) is 11.2. The standard InChI is InChI=1S/C25H24N6O2S2/c1-14(2)11-27-24(33)21-20(16-7-9-34-13-16)30-22-17(4-3-8-31(21)22)23(32)28-12-15-5-6-18-19(10-15)35-25(26)29-18/h3-10,13-14H,11-12H2,1-2H3,(H2,26,29)(H,27,33)(H,28,32). The lowest BCUT2D eigenvalue weighted by Gasteiger charge is -2.10. The Hall–Kier alpha value is -3.76. The van der Waals surface area contributed by atoms with Crippen molar-refractivity contribution in [2.75, 3.05) is 12.3 Å². The number of carbonyl (C=O) groups is 2. The van der Waals surface area contributed by atoms with Crippen LogP contribution in [0, 0.1) is 5.92 Å². The molecule has 1 aromatic carbocycles. The number of fused-ring (bicyclic) bond motifs is 2. The molecular formula is C25H24N6O2S2. The van der Waals surface area contributed by atoms with E-state index >= 15 is 0 Å². The fourth-order valence-electron chi connectivity index (χ4n) is 3.82. The molecule has 10 heteroatoms. The highest BCUT2D eigenvalue weighted by Crippen LogP contribution is 2.28. The summed E-state index contributed by atoms with van der Waals surface area (Å²) >= 11 is 2.94. The second-order valence-electron chi connectivity index (χ2n) is 8.58. The Labute approximate surface area is 209 Å². The fourth-order valence-corrected chi connectivity index (χ4v) is 5.26. The van der Waals surface area contributed by atoms with Gasteiger partial charge in [-0.25, -0.2) is 9.97 Å². The molecule has 4 aromatic heterocycles. The first-order chi connectivity index (χ1) is 16.9. The number of pyridine rings is 1. The molecule has 0 unspecified atom stereocenters. The monoisotopic (exact) mass is 504 g/mol. The number of rotatable bonds is 7. The second-order valence-corrected chi connectivity index (χ2v) is 10.4. The molecule has 2 amide bonds. The maximum Gasteiger partial charge on any atom is 0.270 e. The Kier molecular flexibility index (Phi) is 6.23. The maximum atomic E-state index is 13.2. The van der Waals surface area contributed by atoms with Crippen molar-refractivity contribution in [1.29, 1.82) is 0 Å². The second kappa shape index (κ2) is 9.47. The van der Waals surface area contributed by atoms with Crippen molar-refractivity contribution in [1.82, 2.24) is 25.0 Å². The van der Waals surface area contributed by atoms with Crippen molar-refractivity contribution in [2.45, 2.75) is 20.4 Å². The highest BCUT2D eigenvalue weighted by Gasteiger charge is 2.24. The molecule has 178 valence electrons. The largest absolute Gasteiger partial charge is 0.375 e. The molecule has 5 aromatic rings. The van der Waals surface area contributed by atoms with Gasteiger partial charge in [0.1, 0.15) is 11.4 Å². The van der Waals surface area contributed by atoms with Crippen molar-refractivity contribution in [3.05, 3.63) is 70.2 Å². The number of nitrogens with one attached hydrogen (secondary N) is 2. The van der Waals surface area contributed by atoms with Gasteiger partial charge in [-0.2, -0.15) is 11.3 Å². The van der Waals surface area contributed by atoms with Gasteiger partial charge in [0.25, 0.3) is 11.8 Å². The summed E-state index contributed by atoms with van der Waals surface area (Å²) in [7, 11) is 0. The molecule has 0 radical (unpaired) electrons. The molecule has 0 bridgehead atoms. The highest BCUT2D eigenvalue weighted by molar-refractivity contribution is 7.22. The normalized spacial score (nSPS) is 11.4. The van der Waals surface area contributed by atoms with Crippen LogP contribution >= 0.6 is 22.7 Å². The summed E-state index contributed by atoms with van der Waals surface area (Å²) in [4.78, 5) is 35.4. The van der Waals surface area contributed by atoms with E-state index in [1.165, 1.54) is 22.7 Å². The molecule has 8 nitrogen and oxygen atoms in total. The summed E-state index contributed by atoms with van der Waals surface area (Å²) in [5.74, 6) is -0.178. The van der Waals surface area contributed by atoms with E-state index in [9.17, 15) is 9.59 Å². The van der Waals surface area contributed by atoms with E-state index in [-0.39, 0.29) is 11.8 Å². The minimum atomic E-state index is -0.268. The Balaban J connectivity index is 1.47. The number of nitrogen functional groups attached to an aromatic ring is 1. The number of carbonyl (C=O) groups excluding carboxylic acids is 2. The maximum absolute atomic E-state index is 13.2. The van der Waals surface area contributed by atoms with Crippen LogP contribution in [0.15, 0.2) is 53.4 Å². The number of nitrogens with two attached hydrogens (primary N) is 1. The van der Waals surface area contributed by atoms with Gasteiger partial charge in [0.15, 0.2) is 10.8 Å². The summed E-state index contributed by atoms with van der Waals surface area (Å²) < 4.78 is 2.67. The molecule has 4 heterocycles. The molecule has 0 saturated carbocycles. The van der Waals surface area contributed by atoms with Crippen molar-refractivity contribution < 1.29 is 9.59 Å². The number of amides is 2. The van der Waals surface area contributed by atoms with Crippen LogP contribution in [0.3, 0.4) is 0 Å². The third-order valence-corrected chi connectivity index (χ3v) is 7.03. The van der Waals surface area contributed by atoms with Crippen LogP contribution in [-0.2, 0) is 6.54 Å². The summed E-state index contributed by atoms with van der Waals surface area (Å²) in [6.07, 6.45) is 1.77. The van der Waals surface area contributed by atoms with E-state index in [1.54, 1.807) is 22.7 Å². The zero-order valence-corrected chi connectivity index (χ0v) is 20.9. The number of hydrogen-bond acceptors (Lipinski definition) is 7. The molecule has 0 saturated heterocycles. The number of aromatic nitrogens is 3. The van der Waals surface area contributed by atoms with Crippen LogP contribution in [0.1, 0.15) is 40.3 Å². The van der Waals surface area contributed by atoms with Crippen LogP contribution in [0.5, 0.6) is 0 Å². The van der Waals surface area contributed by atoms with Gasteiger partial charge >= 0.3 is 0 Å². The number of thiazole rings is 1. The van der Waals surface area contributed by atoms with Gasteiger partial charge in [-0.05, 0) is 47.2 Å². The van der Waals surface area contributed by atoms with Gasteiger partial charge in [0.2, 0.25) is 0 Å². The first kappa shape index (κ1) is 23.0. The number of anilines is 1. The van der Waals surface area contributed by atoms with E-state index in [0.717, 1.165) is 21.3 Å². The lowest BCUT2D eigenvalue weighted by molar-refractivity contribution is 0.0936. The first-order valence-corrected chi connectivity index (χ1v) is 12.9. The van der Waals surface area contributed by atoms with E-state index in [2.05, 4.69) is 15.6 Å². The fraction of sp³-hybridized carbons (Fsp3) is 0.200. The summed E-state index contributed by atoms with van der Waals surface area (Å²) in [5.41, 5.74) is 10.2. The predicted molar refractivity (Wildman–Crippen MR) is 141 cm³/mol. The average Bonchev–Trinajstić information content (AvgIpc) is 3.57. The SMILES string of the molecule is CC(C)CNC(=O)c1c(-c2ccsc2)nc2c(C(=O)NCc3ccc4nc(N)sc4c3)cccn12. The van der Waals surface area contributed by atoms with Crippen LogP contribution in [-0.4, -0.2) is 32.7 Å². The smallest absolute Gasteiger partial charge is 0.270 e. The van der Waals surface area contributed by atoms with E-state index in [1.807, 2.05) is 48.9 Å². The van der Waals surface area contributed by atoms with Crippen LogP contribution < -0.4 is 16.4 Å². The summed E-state index contributed by atoms with van der Waals surface area (Å²) in [6.45, 7) is 4.97. The van der Waals surface area contributed by atoms with Gasteiger partial charge in [-0.1, -0.05) is 31.3 Å². The topological polar surface area (TPSA) is 114 Å². The van der Waals surface area contributed by atoms with Crippen LogP contribution in [0.2, 0.25) is 0 Å². The number of benzene rings is 1. The van der Waals surface area contributed by atoms with Gasteiger partial charge in [-0.3, -0.25) is 14.0 Å². The van der Waals surface area contributed by atoms with Crippen molar-refractivity contribution in [3.8, 4) is 11.3 Å². The van der Waals surface area contributed by atoms with Crippen molar-refractivity contribution >= 4 is 55.5 Å². The lowest BCUT2D eigenvalue weighted by Crippen LogP contribution is -2.29. The van der Waals surface area contributed by atoms with Gasteiger partial charge in [0.05, 0.1) is 15.8 Å². The molecule has 35 heavy (non-hydrogen) atoms. The molecule has 0 atom stereocenters. The Bertz CT molecular complexity index is 1530. The number of hydrogen-bond donors (Lipinski definition) is 3. The summed E-state index contributed by atoms with van der Waals surface area (Å²) in [5, 5.41) is 10.4. The molecule has 4 N–H and O–H groups in total. The Morgan fingerprint density at radius 1 is 1.11 bits per heavy atom. The van der Waals surface area contributed by atoms with Gasteiger partial charge < -0.3 is 16.4 Å². The quantitative estimate of drug-likeness (QED) is 0.300. The van der Waals surface area contributed by atoms with Gasteiger partial charge in [-0.15, -0.1) is 0 Å². The minimum Gasteiger partial charge on any atom is -0.375 e. The molecule has 0 fully saturated rings. The van der Waals surface area contributed by atoms with Crippen molar-refractivity contribution in [3.63, 3.8) is 0 Å². The van der Waals surface area contributed by atoms with Crippen LogP contribution in [0.4, 0.5) is 5.13 Å². The van der Waals surface area contributed by atoms with Gasteiger partial charge in [0, 0.05) is 30.2 Å². The highest BCUT2D eigenvalue weighted by atomic mass is 32.1.